The first kappa shape index (κ1) is 21.9. The van der Waals surface area contributed by atoms with Crippen molar-refractivity contribution >= 4 is 39.3 Å². The van der Waals surface area contributed by atoms with Crippen LogP contribution in [-0.2, 0) is 16.1 Å². The number of aromatic nitrogens is 4. The second-order valence-electron chi connectivity index (χ2n) is 8.17. The van der Waals surface area contributed by atoms with Crippen molar-refractivity contribution in [1.29, 1.82) is 0 Å². The van der Waals surface area contributed by atoms with Gasteiger partial charge in [0.05, 0.1) is 35.5 Å². The summed E-state index contributed by atoms with van der Waals surface area (Å²) in [6.07, 6.45) is 3.30. The van der Waals surface area contributed by atoms with Gasteiger partial charge in [-0.1, -0.05) is 0 Å². The number of nitrogens with zero attached hydrogens (tertiary/aromatic N) is 7. The Balaban J connectivity index is 1.42. The SMILES string of the molecule is Nc1ncc(-c2nc(N3CCOCC3)c3sc(CN4CCN(CC(=O)O)CC4)cc3n2)cn1. The number of thiophene rings is 1. The van der Waals surface area contributed by atoms with Crippen molar-refractivity contribution < 1.29 is 14.6 Å². The van der Waals surface area contributed by atoms with Gasteiger partial charge in [0.25, 0.3) is 0 Å². The maximum absolute atomic E-state index is 11.0. The lowest BCUT2D eigenvalue weighted by molar-refractivity contribution is -0.138. The van der Waals surface area contributed by atoms with Crippen molar-refractivity contribution in [2.24, 2.45) is 0 Å². The van der Waals surface area contributed by atoms with Gasteiger partial charge in [-0.25, -0.2) is 19.9 Å². The van der Waals surface area contributed by atoms with Crippen molar-refractivity contribution in [3.05, 3.63) is 23.3 Å². The van der Waals surface area contributed by atoms with Gasteiger partial charge in [0, 0.05) is 63.1 Å². The van der Waals surface area contributed by atoms with Crippen LogP contribution in [0.15, 0.2) is 18.5 Å². The molecule has 11 nitrogen and oxygen atoms in total. The number of hydrogen-bond acceptors (Lipinski definition) is 11. The third-order valence-corrected chi connectivity index (χ3v) is 6.95. The fraction of sp³-hybridized carbons (Fsp3) is 0.476. The molecule has 0 atom stereocenters. The number of piperazine rings is 1. The summed E-state index contributed by atoms with van der Waals surface area (Å²) in [5.74, 6) is 0.937. The Labute approximate surface area is 194 Å². The molecule has 0 aliphatic carbocycles. The molecule has 0 bridgehead atoms. The molecule has 3 aromatic rings. The summed E-state index contributed by atoms with van der Waals surface area (Å²) < 4.78 is 6.60. The van der Waals surface area contributed by atoms with Crippen LogP contribution in [0, 0.1) is 0 Å². The van der Waals surface area contributed by atoms with Crippen LogP contribution in [-0.4, -0.2) is 99.8 Å². The number of morpholine rings is 1. The van der Waals surface area contributed by atoms with Gasteiger partial charge in [0.15, 0.2) is 11.6 Å². The maximum Gasteiger partial charge on any atom is 0.317 e. The molecule has 3 aromatic heterocycles. The third-order valence-electron chi connectivity index (χ3n) is 5.85. The van der Waals surface area contributed by atoms with E-state index in [9.17, 15) is 4.79 Å². The van der Waals surface area contributed by atoms with E-state index in [0.717, 1.165) is 67.4 Å². The summed E-state index contributed by atoms with van der Waals surface area (Å²) >= 11 is 1.72. The highest BCUT2D eigenvalue weighted by atomic mass is 32.1. The fourth-order valence-electron chi connectivity index (χ4n) is 4.13. The molecule has 0 unspecified atom stereocenters. The molecule has 174 valence electrons. The van der Waals surface area contributed by atoms with E-state index in [1.165, 1.54) is 4.88 Å². The van der Waals surface area contributed by atoms with E-state index in [-0.39, 0.29) is 12.5 Å². The minimum atomic E-state index is -0.774. The highest BCUT2D eigenvalue weighted by Crippen LogP contribution is 2.35. The molecule has 0 spiro atoms. The third kappa shape index (κ3) is 5.03. The lowest BCUT2D eigenvalue weighted by Gasteiger charge is -2.33. The van der Waals surface area contributed by atoms with Crippen LogP contribution in [0.25, 0.3) is 21.6 Å². The lowest BCUT2D eigenvalue weighted by Crippen LogP contribution is -2.47. The van der Waals surface area contributed by atoms with Gasteiger partial charge in [0.2, 0.25) is 5.95 Å². The molecular formula is C21H26N8O3S. The number of nitrogens with two attached hydrogens (primary N) is 1. The van der Waals surface area contributed by atoms with Crippen molar-refractivity contribution in [1.82, 2.24) is 29.7 Å². The average molecular weight is 471 g/mol. The second kappa shape index (κ2) is 9.51. The monoisotopic (exact) mass is 470 g/mol. The second-order valence-corrected chi connectivity index (χ2v) is 9.31. The van der Waals surface area contributed by atoms with Gasteiger partial charge in [0.1, 0.15) is 0 Å². The zero-order valence-corrected chi connectivity index (χ0v) is 19.0. The molecule has 2 aliphatic heterocycles. The van der Waals surface area contributed by atoms with Crippen molar-refractivity contribution in [2.45, 2.75) is 6.54 Å². The Morgan fingerprint density at radius 2 is 1.76 bits per heavy atom. The van der Waals surface area contributed by atoms with Crippen LogP contribution in [0.3, 0.4) is 0 Å². The van der Waals surface area contributed by atoms with Crippen LogP contribution < -0.4 is 10.6 Å². The number of nitrogen functional groups attached to an aromatic ring is 1. The Bertz CT molecular complexity index is 1120. The van der Waals surface area contributed by atoms with Crippen LogP contribution >= 0.6 is 11.3 Å². The number of rotatable bonds is 6. The van der Waals surface area contributed by atoms with Gasteiger partial charge in [-0.05, 0) is 6.07 Å². The lowest BCUT2D eigenvalue weighted by atomic mass is 10.2. The first-order valence-corrected chi connectivity index (χ1v) is 11.7. The molecule has 5 rings (SSSR count). The van der Waals surface area contributed by atoms with Crippen molar-refractivity contribution in [3.8, 4) is 11.4 Å². The first-order valence-electron chi connectivity index (χ1n) is 10.9. The molecular weight excluding hydrogens is 444 g/mol. The summed E-state index contributed by atoms with van der Waals surface area (Å²) in [7, 11) is 0. The standard InChI is InChI=1S/C21H26N8O3S/c22-21-23-10-14(11-24-21)19-25-16-9-15(12-27-1-3-28(4-2-27)13-17(30)31)33-18(16)20(26-19)29-5-7-32-8-6-29/h9-11H,1-8,12-13H2,(H,30,31)(H2,22,23,24). The minimum Gasteiger partial charge on any atom is -0.480 e. The van der Waals surface area contributed by atoms with Gasteiger partial charge in [-0.15, -0.1) is 11.3 Å². The van der Waals surface area contributed by atoms with Crippen LogP contribution in [0.4, 0.5) is 11.8 Å². The Kier molecular flexibility index (Phi) is 6.31. The Morgan fingerprint density at radius 3 is 2.45 bits per heavy atom. The minimum absolute atomic E-state index is 0.104. The predicted molar refractivity (Wildman–Crippen MR) is 125 cm³/mol. The first-order chi connectivity index (χ1) is 16.0. The molecule has 0 radical (unpaired) electrons. The van der Waals surface area contributed by atoms with E-state index in [2.05, 4.69) is 25.8 Å². The van der Waals surface area contributed by atoms with Crippen LogP contribution in [0.2, 0.25) is 0 Å². The molecule has 0 amide bonds. The highest BCUT2D eigenvalue weighted by molar-refractivity contribution is 7.19. The summed E-state index contributed by atoms with van der Waals surface area (Å²) in [4.78, 5) is 36.7. The molecule has 0 saturated carbocycles. The van der Waals surface area contributed by atoms with E-state index in [1.807, 2.05) is 4.90 Å². The summed E-state index contributed by atoms with van der Waals surface area (Å²) in [5.41, 5.74) is 7.28. The number of fused-ring (bicyclic) bond motifs is 1. The summed E-state index contributed by atoms with van der Waals surface area (Å²) in [6, 6.07) is 2.14. The van der Waals surface area contributed by atoms with E-state index in [4.69, 9.17) is 25.5 Å². The normalized spacial score (nSPS) is 18.1. The molecule has 3 N–H and O–H groups in total. The zero-order chi connectivity index (χ0) is 22.8. The van der Waals surface area contributed by atoms with E-state index < -0.39 is 5.97 Å². The van der Waals surface area contributed by atoms with Gasteiger partial charge >= 0.3 is 5.97 Å². The van der Waals surface area contributed by atoms with Gasteiger partial charge in [-0.2, -0.15) is 0 Å². The molecule has 5 heterocycles. The van der Waals surface area contributed by atoms with E-state index in [1.54, 1.807) is 23.7 Å². The molecule has 2 fully saturated rings. The quantitative estimate of drug-likeness (QED) is 0.529. The molecule has 33 heavy (non-hydrogen) atoms. The molecule has 12 heteroatoms. The van der Waals surface area contributed by atoms with Crippen molar-refractivity contribution in [3.63, 3.8) is 0 Å². The Hall–Kier alpha value is -2.93. The molecule has 2 saturated heterocycles. The predicted octanol–water partition coefficient (Wildman–Crippen LogP) is 0.769. The maximum atomic E-state index is 11.0. The number of anilines is 2. The Morgan fingerprint density at radius 1 is 1.06 bits per heavy atom. The summed E-state index contributed by atoms with van der Waals surface area (Å²) in [5, 5.41) is 9.01. The molecule has 0 aromatic carbocycles. The van der Waals surface area contributed by atoms with Crippen LogP contribution in [0.5, 0.6) is 0 Å². The number of aliphatic carboxylic acids is 1. The number of ether oxygens (including phenoxy) is 1. The smallest absolute Gasteiger partial charge is 0.317 e. The fourth-order valence-corrected chi connectivity index (χ4v) is 5.29. The number of hydrogen-bond donors (Lipinski definition) is 2. The molecule has 2 aliphatic rings. The van der Waals surface area contributed by atoms with E-state index in [0.29, 0.717) is 19.0 Å². The largest absolute Gasteiger partial charge is 0.480 e. The average Bonchev–Trinajstić information content (AvgIpc) is 3.23. The zero-order valence-electron chi connectivity index (χ0n) is 18.2. The van der Waals surface area contributed by atoms with Gasteiger partial charge < -0.3 is 20.5 Å². The number of carbonyl (C=O) groups is 1. The highest BCUT2D eigenvalue weighted by Gasteiger charge is 2.23. The number of carboxylic acid groups (broad SMARTS) is 1. The summed E-state index contributed by atoms with van der Waals surface area (Å²) in [6.45, 7) is 7.03. The van der Waals surface area contributed by atoms with E-state index >= 15 is 0 Å². The van der Waals surface area contributed by atoms with Crippen LogP contribution in [0.1, 0.15) is 4.88 Å². The van der Waals surface area contributed by atoms with Crippen molar-refractivity contribution in [2.75, 3.05) is 69.7 Å². The van der Waals surface area contributed by atoms with Gasteiger partial charge in [-0.3, -0.25) is 14.6 Å². The number of carboxylic acids is 1. The topological polar surface area (TPSA) is 134 Å².